The first-order valence-corrected chi connectivity index (χ1v) is 3.57. The molecule has 0 radical (unpaired) electrons. The van der Waals surface area contributed by atoms with E-state index in [-0.39, 0.29) is 0 Å². The van der Waals surface area contributed by atoms with Crippen LogP contribution in [0.2, 0.25) is 0 Å². The topological polar surface area (TPSA) is 69.7 Å². The molecule has 0 aromatic carbocycles. The number of ether oxygens (including phenoxy) is 2. The van der Waals surface area contributed by atoms with Gasteiger partial charge in [-0.25, -0.2) is 4.79 Å². The van der Waals surface area contributed by atoms with Crippen LogP contribution >= 0.6 is 8.46 Å². The lowest BCUT2D eigenvalue weighted by molar-refractivity contribution is -0.158. The van der Waals surface area contributed by atoms with Crippen LogP contribution in [0.25, 0.3) is 0 Å². The fraction of sp³-hybridized carbons (Fsp3) is 0.600. The number of hydrogen-bond donors (Lipinski definition) is 0. The first kappa shape index (κ1) is 10.0. The van der Waals surface area contributed by atoms with Crippen molar-refractivity contribution in [1.82, 2.24) is 0 Å². The average Bonchev–Trinajstić information content (AvgIpc) is 1.98. The Bertz CT molecular complexity index is 178. The molecule has 1 unspecified atom stereocenters. The van der Waals surface area contributed by atoms with Crippen molar-refractivity contribution in [3.63, 3.8) is 0 Å². The summed E-state index contributed by atoms with van der Waals surface area (Å²) in [4.78, 5) is 20.8. The normalized spacial score (nSPS) is 12.2. The molecule has 0 aliphatic carbocycles. The minimum absolute atomic E-state index is 0.588. The molecule has 6 heteroatoms. The number of methoxy groups -OCH3 is 1. The van der Waals surface area contributed by atoms with Crippen molar-refractivity contribution < 1.29 is 23.6 Å². The molecule has 0 aliphatic rings. The molecule has 0 amide bonds. The second kappa shape index (κ2) is 4.79. The van der Waals surface area contributed by atoms with Crippen molar-refractivity contribution in [2.75, 3.05) is 7.11 Å². The molecule has 0 N–H and O–H groups in total. The molecular weight excluding hydrogens is 171 g/mol. The zero-order valence-electron chi connectivity index (χ0n) is 6.07. The zero-order valence-corrected chi connectivity index (χ0v) is 6.96. The van der Waals surface area contributed by atoms with Gasteiger partial charge in [0.15, 0.2) is 0 Å². The van der Waals surface area contributed by atoms with Crippen LogP contribution in [0, 0.1) is 0 Å². The highest BCUT2D eigenvalue weighted by molar-refractivity contribution is 7.26. The summed E-state index contributed by atoms with van der Waals surface area (Å²) in [5, 5.41) is 0. The Morgan fingerprint density at radius 2 is 2.00 bits per heavy atom. The standard InChI is InChI=1S/C5H7O5P/c1-3(6)10-5(11-8)4(7)9-2/h5H,1-2H3. The number of rotatable bonds is 3. The number of esters is 2. The van der Waals surface area contributed by atoms with Crippen molar-refractivity contribution in [2.24, 2.45) is 0 Å². The van der Waals surface area contributed by atoms with Gasteiger partial charge in [-0.3, -0.25) is 9.36 Å². The van der Waals surface area contributed by atoms with Crippen molar-refractivity contribution in [3.05, 3.63) is 0 Å². The van der Waals surface area contributed by atoms with Crippen LogP contribution in [0.5, 0.6) is 0 Å². The van der Waals surface area contributed by atoms with Gasteiger partial charge in [-0.15, -0.1) is 0 Å². The van der Waals surface area contributed by atoms with Gasteiger partial charge in [0.1, 0.15) is 0 Å². The predicted octanol–water partition coefficient (Wildman–Crippen LogP) is 0.340. The van der Waals surface area contributed by atoms with Gasteiger partial charge in [0.2, 0.25) is 8.46 Å². The molecule has 0 aliphatic heterocycles. The summed E-state index contributed by atoms with van der Waals surface area (Å²) in [6, 6.07) is 0. The van der Waals surface area contributed by atoms with E-state index in [0.717, 1.165) is 14.0 Å². The Morgan fingerprint density at radius 1 is 1.45 bits per heavy atom. The Balaban J connectivity index is 4.05. The van der Waals surface area contributed by atoms with Gasteiger partial charge in [0.25, 0.3) is 5.85 Å². The van der Waals surface area contributed by atoms with Crippen LogP contribution in [-0.2, 0) is 23.6 Å². The van der Waals surface area contributed by atoms with Crippen LogP contribution in [-0.4, -0.2) is 24.9 Å². The number of hydrogen-bond acceptors (Lipinski definition) is 5. The molecule has 0 aromatic rings. The zero-order chi connectivity index (χ0) is 8.85. The number of carbonyl (C=O) groups excluding carboxylic acids is 2. The Labute approximate surface area is 64.9 Å². The van der Waals surface area contributed by atoms with Gasteiger partial charge >= 0.3 is 11.9 Å². The molecule has 0 spiro atoms. The quantitative estimate of drug-likeness (QED) is 0.460. The molecule has 0 saturated carbocycles. The minimum atomic E-state index is -1.34. The molecular formula is C5H7O5P. The summed E-state index contributed by atoms with van der Waals surface area (Å²) in [6.07, 6.45) is 0. The molecule has 0 aromatic heterocycles. The third kappa shape index (κ3) is 3.68. The molecule has 1 atom stereocenters. The molecule has 0 fully saturated rings. The summed E-state index contributed by atoms with van der Waals surface area (Å²) < 4.78 is 18.7. The third-order valence-electron chi connectivity index (χ3n) is 0.776. The van der Waals surface area contributed by atoms with Crippen molar-refractivity contribution in [2.45, 2.75) is 12.8 Å². The monoisotopic (exact) mass is 178 g/mol. The van der Waals surface area contributed by atoms with E-state index in [1.165, 1.54) is 0 Å². The Morgan fingerprint density at radius 3 is 2.27 bits per heavy atom. The Hall–Kier alpha value is -0.960. The van der Waals surface area contributed by atoms with Gasteiger partial charge < -0.3 is 9.47 Å². The van der Waals surface area contributed by atoms with Crippen molar-refractivity contribution in [1.29, 1.82) is 0 Å². The second-order valence-electron chi connectivity index (χ2n) is 1.59. The van der Waals surface area contributed by atoms with Crippen LogP contribution in [0.4, 0.5) is 0 Å². The van der Waals surface area contributed by atoms with E-state index in [1.54, 1.807) is 0 Å². The summed E-state index contributed by atoms with van der Waals surface area (Å²) in [6.45, 7) is 1.11. The van der Waals surface area contributed by atoms with E-state index >= 15 is 0 Å². The van der Waals surface area contributed by atoms with Gasteiger partial charge in [0, 0.05) is 6.92 Å². The van der Waals surface area contributed by atoms with Crippen LogP contribution in [0.3, 0.4) is 0 Å². The molecule has 11 heavy (non-hydrogen) atoms. The second-order valence-corrected chi connectivity index (χ2v) is 2.27. The van der Waals surface area contributed by atoms with Gasteiger partial charge in [-0.05, 0) is 0 Å². The lowest BCUT2D eigenvalue weighted by Gasteiger charge is -2.05. The minimum Gasteiger partial charge on any atom is -0.466 e. The first-order chi connectivity index (χ1) is 5.11. The molecule has 5 nitrogen and oxygen atoms in total. The maximum Gasteiger partial charge on any atom is 0.359 e. The van der Waals surface area contributed by atoms with E-state index in [9.17, 15) is 14.2 Å². The van der Waals surface area contributed by atoms with Crippen LogP contribution in [0.1, 0.15) is 6.92 Å². The van der Waals surface area contributed by atoms with Gasteiger partial charge in [0.05, 0.1) is 7.11 Å². The van der Waals surface area contributed by atoms with Crippen molar-refractivity contribution >= 4 is 20.4 Å². The highest BCUT2D eigenvalue weighted by Crippen LogP contribution is 2.09. The molecule has 0 saturated heterocycles. The smallest absolute Gasteiger partial charge is 0.359 e. The summed E-state index contributed by atoms with van der Waals surface area (Å²) in [5.41, 5.74) is 0. The lowest BCUT2D eigenvalue weighted by Crippen LogP contribution is -2.21. The van der Waals surface area contributed by atoms with E-state index in [1.807, 2.05) is 0 Å². The average molecular weight is 178 g/mol. The first-order valence-electron chi connectivity index (χ1n) is 2.69. The fourth-order valence-electron chi connectivity index (χ4n) is 0.371. The highest BCUT2D eigenvalue weighted by Gasteiger charge is 2.22. The lowest BCUT2D eigenvalue weighted by atomic mass is 10.7. The third-order valence-corrected chi connectivity index (χ3v) is 1.28. The van der Waals surface area contributed by atoms with Crippen LogP contribution in [0.15, 0.2) is 0 Å². The SMILES string of the molecule is COC(=O)C(OC(C)=O)P=O. The van der Waals surface area contributed by atoms with E-state index in [2.05, 4.69) is 9.47 Å². The largest absolute Gasteiger partial charge is 0.466 e. The molecule has 62 valence electrons. The summed E-state index contributed by atoms with van der Waals surface area (Å²) in [5.74, 6) is -2.85. The van der Waals surface area contributed by atoms with Crippen LogP contribution < -0.4 is 0 Å². The maximum absolute atomic E-state index is 10.6. The molecule has 0 heterocycles. The number of carbonyl (C=O) groups is 2. The summed E-state index contributed by atoms with van der Waals surface area (Å²) >= 11 is 0. The van der Waals surface area contributed by atoms with Gasteiger partial charge in [-0.1, -0.05) is 0 Å². The highest BCUT2D eigenvalue weighted by atomic mass is 31.1. The van der Waals surface area contributed by atoms with Gasteiger partial charge in [-0.2, -0.15) is 0 Å². The molecule has 0 bridgehead atoms. The maximum atomic E-state index is 10.6. The Kier molecular flexibility index (Phi) is 4.38. The predicted molar refractivity (Wildman–Crippen MR) is 35.2 cm³/mol. The van der Waals surface area contributed by atoms with Crippen molar-refractivity contribution in [3.8, 4) is 0 Å². The fourth-order valence-corrected chi connectivity index (χ4v) is 0.754. The molecule has 0 rings (SSSR count). The van der Waals surface area contributed by atoms with E-state index in [0.29, 0.717) is 0 Å². The van der Waals surface area contributed by atoms with E-state index in [4.69, 9.17) is 0 Å². The summed E-state index contributed by atoms with van der Waals surface area (Å²) in [7, 11) is 0.527. The van der Waals surface area contributed by atoms with E-state index < -0.39 is 26.2 Å².